The van der Waals surface area contributed by atoms with Crippen LogP contribution in [0.5, 0.6) is 11.5 Å². The normalized spacial score (nSPS) is 10.9. The lowest BCUT2D eigenvalue weighted by Crippen LogP contribution is -2.01. The number of hydrogen-bond donors (Lipinski definition) is 2. The van der Waals surface area contributed by atoms with E-state index >= 15 is 0 Å². The zero-order valence-electron chi connectivity index (χ0n) is 13.5. The number of ether oxygens (including phenoxy) is 2. The molecule has 3 aromatic rings. The van der Waals surface area contributed by atoms with Gasteiger partial charge in [0.15, 0.2) is 11.5 Å². The molecule has 0 aliphatic heterocycles. The summed E-state index contributed by atoms with van der Waals surface area (Å²) < 4.78 is 10.6. The Morgan fingerprint density at radius 3 is 2.48 bits per heavy atom. The molecule has 0 saturated heterocycles. The quantitative estimate of drug-likeness (QED) is 0.668. The van der Waals surface area contributed by atoms with Crippen LogP contribution in [0.15, 0.2) is 30.3 Å². The number of hydrogen-bond acceptors (Lipinski definition) is 3. The van der Waals surface area contributed by atoms with E-state index in [0.717, 1.165) is 5.56 Å². The molecule has 0 bridgehead atoms. The first-order chi connectivity index (χ1) is 11.9. The molecule has 0 saturated carbocycles. The van der Waals surface area contributed by atoms with Crippen LogP contribution < -0.4 is 9.47 Å². The van der Waals surface area contributed by atoms with E-state index in [4.69, 9.17) is 32.7 Å². The molecule has 2 N–H and O–H groups in total. The van der Waals surface area contributed by atoms with Gasteiger partial charge in [-0.15, -0.1) is 0 Å². The monoisotopic (exact) mass is 379 g/mol. The van der Waals surface area contributed by atoms with Crippen LogP contribution in [0.3, 0.4) is 0 Å². The number of carboxylic acids is 1. The van der Waals surface area contributed by atoms with Crippen molar-refractivity contribution in [2.75, 3.05) is 14.2 Å². The van der Waals surface area contributed by atoms with E-state index in [1.54, 1.807) is 38.5 Å². The Labute approximate surface area is 154 Å². The first-order valence-corrected chi connectivity index (χ1v) is 8.14. The van der Waals surface area contributed by atoms with Gasteiger partial charge in [0.05, 0.1) is 31.4 Å². The number of aromatic amines is 1. The van der Waals surface area contributed by atoms with Gasteiger partial charge < -0.3 is 19.6 Å². The van der Waals surface area contributed by atoms with E-state index in [2.05, 4.69) is 4.98 Å². The van der Waals surface area contributed by atoms with Crippen molar-refractivity contribution in [3.05, 3.63) is 45.9 Å². The zero-order valence-corrected chi connectivity index (χ0v) is 15.0. The number of H-pyrrole nitrogens is 1. The molecule has 25 heavy (non-hydrogen) atoms. The highest BCUT2D eigenvalue weighted by atomic mass is 35.5. The highest BCUT2D eigenvalue weighted by Gasteiger charge is 2.19. The molecule has 3 rings (SSSR count). The molecule has 1 aromatic heterocycles. The molecule has 0 atom stereocenters. The van der Waals surface area contributed by atoms with Crippen molar-refractivity contribution in [1.29, 1.82) is 0 Å². The molecule has 0 amide bonds. The molecule has 5 nitrogen and oxygen atoms in total. The molecule has 0 spiro atoms. The maximum absolute atomic E-state index is 11.4. The largest absolute Gasteiger partial charge is 0.493 e. The number of rotatable bonds is 5. The van der Waals surface area contributed by atoms with Crippen molar-refractivity contribution in [2.24, 2.45) is 0 Å². The van der Waals surface area contributed by atoms with E-state index in [1.807, 2.05) is 6.07 Å². The number of nitrogens with one attached hydrogen (secondary N) is 1. The average Bonchev–Trinajstić information content (AvgIpc) is 2.91. The van der Waals surface area contributed by atoms with Gasteiger partial charge in [0.25, 0.3) is 0 Å². The average molecular weight is 380 g/mol. The smallest absolute Gasteiger partial charge is 0.307 e. The Morgan fingerprint density at radius 1 is 1.12 bits per heavy atom. The standard InChI is InChI=1S/C18H15Cl2NO4/c1-24-14-4-3-9(5-15(14)25-2)18-11(8-16(22)23)17-12(20)6-10(19)7-13(17)21-18/h3-7,21H,8H2,1-2H3,(H,22,23). The Kier molecular flexibility index (Phi) is 4.79. The predicted molar refractivity (Wildman–Crippen MR) is 98.2 cm³/mol. The van der Waals surface area contributed by atoms with Crippen molar-refractivity contribution < 1.29 is 19.4 Å². The number of halogens is 2. The molecule has 0 aliphatic rings. The summed E-state index contributed by atoms with van der Waals surface area (Å²) in [5.41, 5.74) is 2.69. The molecular formula is C18H15Cl2NO4. The van der Waals surface area contributed by atoms with Crippen molar-refractivity contribution in [2.45, 2.75) is 6.42 Å². The third-order valence-electron chi connectivity index (χ3n) is 3.92. The Morgan fingerprint density at radius 2 is 1.84 bits per heavy atom. The fraction of sp³-hybridized carbons (Fsp3) is 0.167. The molecule has 7 heteroatoms. The molecule has 0 aliphatic carbocycles. The fourth-order valence-corrected chi connectivity index (χ4v) is 3.49. The first-order valence-electron chi connectivity index (χ1n) is 7.38. The van der Waals surface area contributed by atoms with Gasteiger partial charge >= 0.3 is 5.97 Å². The van der Waals surface area contributed by atoms with Crippen LogP contribution in [0, 0.1) is 0 Å². The zero-order chi connectivity index (χ0) is 18.1. The number of methoxy groups -OCH3 is 2. The topological polar surface area (TPSA) is 71.6 Å². The number of aliphatic carboxylic acids is 1. The summed E-state index contributed by atoms with van der Waals surface area (Å²) >= 11 is 12.4. The van der Waals surface area contributed by atoms with Gasteiger partial charge in [-0.05, 0) is 35.9 Å². The summed E-state index contributed by atoms with van der Waals surface area (Å²) in [6.45, 7) is 0. The van der Waals surface area contributed by atoms with Gasteiger partial charge in [0.2, 0.25) is 0 Å². The van der Waals surface area contributed by atoms with Crippen LogP contribution in [0.25, 0.3) is 22.2 Å². The van der Waals surface area contributed by atoms with Gasteiger partial charge in [-0.2, -0.15) is 0 Å². The van der Waals surface area contributed by atoms with Crippen molar-refractivity contribution in [3.8, 4) is 22.8 Å². The van der Waals surface area contributed by atoms with Crippen LogP contribution >= 0.6 is 23.2 Å². The Hall–Kier alpha value is -2.37. The van der Waals surface area contributed by atoms with E-state index in [0.29, 0.717) is 43.7 Å². The second-order valence-corrected chi connectivity index (χ2v) is 6.27. The van der Waals surface area contributed by atoms with E-state index < -0.39 is 5.97 Å². The van der Waals surface area contributed by atoms with Gasteiger partial charge in [0.1, 0.15) is 0 Å². The summed E-state index contributed by atoms with van der Waals surface area (Å²) in [5, 5.41) is 10.8. The summed E-state index contributed by atoms with van der Waals surface area (Å²) in [5.74, 6) is 0.181. The number of aromatic nitrogens is 1. The highest BCUT2D eigenvalue weighted by Crippen LogP contribution is 2.39. The third kappa shape index (κ3) is 3.25. The highest BCUT2D eigenvalue weighted by molar-refractivity contribution is 6.39. The number of carboxylic acid groups (broad SMARTS) is 1. The Balaban J connectivity index is 2.28. The van der Waals surface area contributed by atoms with Crippen LogP contribution in [-0.4, -0.2) is 30.3 Å². The second-order valence-electron chi connectivity index (χ2n) is 5.43. The minimum atomic E-state index is -0.950. The van der Waals surface area contributed by atoms with Gasteiger partial charge in [-0.1, -0.05) is 23.2 Å². The molecule has 2 aromatic carbocycles. The molecule has 1 heterocycles. The molecule has 130 valence electrons. The van der Waals surface area contributed by atoms with Gasteiger partial charge in [0, 0.05) is 21.5 Å². The summed E-state index contributed by atoms with van der Waals surface area (Å²) in [7, 11) is 3.10. The number of fused-ring (bicyclic) bond motifs is 1. The number of carbonyl (C=O) groups is 1. The van der Waals surface area contributed by atoms with Crippen molar-refractivity contribution in [3.63, 3.8) is 0 Å². The maximum atomic E-state index is 11.4. The third-order valence-corrected chi connectivity index (χ3v) is 4.43. The molecular weight excluding hydrogens is 365 g/mol. The summed E-state index contributed by atoms with van der Waals surface area (Å²) in [6, 6.07) is 8.69. The van der Waals surface area contributed by atoms with Crippen LogP contribution in [0.4, 0.5) is 0 Å². The number of benzene rings is 2. The van der Waals surface area contributed by atoms with Crippen LogP contribution in [0.2, 0.25) is 10.0 Å². The van der Waals surface area contributed by atoms with Crippen LogP contribution in [0.1, 0.15) is 5.56 Å². The fourth-order valence-electron chi connectivity index (χ4n) is 2.88. The van der Waals surface area contributed by atoms with E-state index in [1.165, 1.54) is 0 Å². The minimum Gasteiger partial charge on any atom is -0.493 e. The van der Waals surface area contributed by atoms with Crippen molar-refractivity contribution >= 4 is 40.1 Å². The lowest BCUT2D eigenvalue weighted by molar-refractivity contribution is -0.136. The predicted octanol–water partition coefficient (Wildman–Crippen LogP) is 4.79. The van der Waals surface area contributed by atoms with Gasteiger partial charge in [-0.3, -0.25) is 4.79 Å². The molecule has 0 unspecified atom stereocenters. The summed E-state index contributed by atoms with van der Waals surface area (Å²) in [4.78, 5) is 14.6. The van der Waals surface area contributed by atoms with E-state index in [9.17, 15) is 9.90 Å². The first kappa shape index (κ1) is 17.5. The maximum Gasteiger partial charge on any atom is 0.307 e. The lowest BCUT2D eigenvalue weighted by Gasteiger charge is -2.10. The van der Waals surface area contributed by atoms with Gasteiger partial charge in [-0.25, -0.2) is 0 Å². The van der Waals surface area contributed by atoms with Crippen molar-refractivity contribution in [1.82, 2.24) is 4.98 Å². The minimum absolute atomic E-state index is 0.176. The SMILES string of the molecule is COc1ccc(-c2[nH]c3cc(Cl)cc(Cl)c3c2CC(=O)O)cc1OC. The van der Waals surface area contributed by atoms with E-state index in [-0.39, 0.29) is 6.42 Å². The second kappa shape index (κ2) is 6.86. The Bertz CT molecular complexity index is 965. The summed E-state index contributed by atoms with van der Waals surface area (Å²) in [6.07, 6.45) is -0.176. The molecule has 0 fully saturated rings. The lowest BCUT2D eigenvalue weighted by atomic mass is 10.0. The molecule has 0 radical (unpaired) electrons. The van der Waals surface area contributed by atoms with Crippen LogP contribution in [-0.2, 0) is 11.2 Å².